The number of aromatic nitrogens is 1. The monoisotopic (exact) mass is 525 g/mol. The SMILES string of the molecule is COc1ccccc1[C@@H]1C2=C(N=c3s/c(=C\c4ccc(N5CCOCC5)o4)c(=O)n31)c1ccccc1CC2. The second-order valence-electron chi connectivity index (χ2n) is 9.63. The number of ether oxygens (including phenoxy) is 2. The van der Waals surface area contributed by atoms with Crippen molar-refractivity contribution in [3.63, 3.8) is 0 Å². The van der Waals surface area contributed by atoms with Crippen LogP contribution >= 0.6 is 11.3 Å². The van der Waals surface area contributed by atoms with E-state index in [4.69, 9.17) is 18.9 Å². The number of aryl methyl sites for hydroxylation is 1. The van der Waals surface area contributed by atoms with Gasteiger partial charge in [0.15, 0.2) is 10.7 Å². The molecule has 38 heavy (non-hydrogen) atoms. The lowest BCUT2D eigenvalue weighted by atomic mass is 9.83. The number of fused-ring (bicyclic) bond motifs is 3. The molecule has 2 aromatic heterocycles. The fourth-order valence-electron chi connectivity index (χ4n) is 5.69. The van der Waals surface area contributed by atoms with Gasteiger partial charge in [-0.1, -0.05) is 53.8 Å². The molecular formula is C30H27N3O4S. The van der Waals surface area contributed by atoms with Gasteiger partial charge in [-0.05, 0) is 36.1 Å². The van der Waals surface area contributed by atoms with E-state index >= 15 is 0 Å². The molecule has 4 aromatic rings. The maximum absolute atomic E-state index is 14.0. The number of methoxy groups -OCH3 is 1. The third kappa shape index (κ3) is 3.83. The number of anilines is 1. The first kappa shape index (κ1) is 23.3. The third-order valence-corrected chi connectivity index (χ3v) is 8.50. The van der Waals surface area contributed by atoms with Gasteiger partial charge in [-0.2, -0.15) is 0 Å². The molecule has 7 nitrogen and oxygen atoms in total. The maximum Gasteiger partial charge on any atom is 0.271 e. The molecule has 4 heterocycles. The number of allylic oxidation sites excluding steroid dienone is 1. The molecule has 0 radical (unpaired) electrons. The van der Waals surface area contributed by atoms with Crippen LogP contribution in [0.3, 0.4) is 0 Å². The lowest BCUT2D eigenvalue weighted by molar-refractivity contribution is 0.120. The zero-order valence-electron chi connectivity index (χ0n) is 21.1. The quantitative estimate of drug-likeness (QED) is 0.406. The topological polar surface area (TPSA) is 69.2 Å². The minimum absolute atomic E-state index is 0.0700. The van der Waals surface area contributed by atoms with E-state index in [-0.39, 0.29) is 11.6 Å². The number of thiazole rings is 1. The Bertz CT molecular complexity index is 1740. The highest BCUT2D eigenvalue weighted by atomic mass is 32.1. The normalized spacial score (nSPS) is 19.0. The Morgan fingerprint density at radius 2 is 1.84 bits per heavy atom. The Hall–Kier alpha value is -3.88. The molecule has 2 aromatic carbocycles. The van der Waals surface area contributed by atoms with Gasteiger partial charge in [0.1, 0.15) is 11.5 Å². The van der Waals surface area contributed by atoms with E-state index in [9.17, 15) is 4.79 Å². The molecule has 8 heteroatoms. The number of para-hydroxylation sites is 1. The smallest absolute Gasteiger partial charge is 0.271 e. The Kier molecular flexibility index (Phi) is 5.78. The van der Waals surface area contributed by atoms with Crippen LogP contribution < -0.4 is 24.5 Å². The summed E-state index contributed by atoms with van der Waals surface area (Å²) in [4.78, 5) is 21.9. The predicted molar refractivity (Wildman–Crippen MR) is 147 cm³/mol. The Balaban J connectivity index is 1.40. The molecule has 0 bridgehead atoms. The molecular weight excluding hydrogens is 498 g/mol. The largest absolute Gasteiger partial charge is 0.496 e. The van der Waals surface area contributed by atoms with Crippen molar-refractivity contribution in [1.29, 1.82) is 0 Å². The molecule has 0 spiro atoms. The van der Waals surface area contributed by atoms with E-state index in [1.807, 2.05) is 41.0 Å². The van der Waals surface area contributed by atoms with Crippen molar-refractivity contribution in [2.24, 2.45) is 4.99 Å². The fourth-order valence-corrected chi connectivity index (χ4v) is 6.67. The Morgan fingerprint density at radius 1 is 1.03 bits per heavy atom. The van der Waals surface area contributed by atoms with Gasteiger partial charge in [0.2, 0.25) is 0 Å². The number of hydrogen-bond acceptors (Lipinski definition) is 7. The van der Waals surface area contributed by atoms with Crippen LogP contribution in [0.1, 0.15) is 34.9 Å². The number of rotatable bonds is 4. The number of hydrogen-bond donors (Lipinski definition) is 0. The van der Waals surface area contributed by atoms with Gasteiger partial charge in [0, 0.05) is 36.4 Å². The summed E-state index contributed by atoms with van der Waals surface area (Å²) < 4.78 is 19.8. The van der Waals surface area contributed by atoms with Crippen molar-refractivity contribution in [3.8, 4) is 5.75 Å². The lowest BCUT2D eigenvalue weighted by Crippen LogP contribution is -2.39. The molecule has 3 aliphatic rings. The van der Waals surface area contributed by atoms with Gasteiger partial charge in [0.25, 0.3) is 5.56 Å². The minimum atomic E-state index is -0.284. The number of morpholine rings is 1. The molecule has 1 fully saturated rings. The van der Waals surface area contributed by atoms with E-state index in [1.54, 1.807) is 7.11 Å². The zero-order valence-corrected chi connectivity index (χ0v) is 21.9. The molecule has 1 aliphatic carbocycles. The Labute approximate surface area is 223 Å². The van der Waals surface area contributed by atoms with E-state index < -0.39 is 0 Å². The molecule has 0 N–H and O–H groups in total. The van der Waals surface area contributed by atoms with Crippen LogP contribution in [0.4, 0.5) is 5.88 Å². The van der Waals surface area contributed by atoms with E-state index in [1.165, 1.54) is 16.9 Å². The Morgan fingerprint density at radius 3 is 2.71 bits per heavy atom. The molecule has 0 saturated carbocycles. The van der Waals surface area contributed by atoms with Crippen molar-refractivity contribution in [2.75, 3.05) is 38.3 Å². The fraction of sp³-hybridized carbons (Fsp3) is 0.267. The predicted octanol–water partition coefficient (Wildman–Crippen LogP) is 3.76. The average Bonchev–Trinajstić information content (AvgIpc) is 3.56. The second-order valence-corrected chi connectivity index (χ2v) is 10.6. The number of benzene rings is 2. The van der Waals surface area contributed by atoms with Crippen LogP contribution in [0.25, 0.3) is 11.8 Å². The first-order valence-electron chi connectivity index (χ1n) is 12.9. The summed E-state index contributed by atoms with van der Waals surface area (Å²) in [6.07, 6.45) is 3.59. The summed E-state index contributed by atoms with van der Waals surface area (Å²) in [5, 5.41) is 0. The van der Waals surface area contributed by atoms with Gasteiger partial charge in [-0.3, -0.25) is 9.36 Å². The molecule has 0 unspecified atom stereocenters. The minimum Gasteiger partial charge on any atom is -0.496 e. The van der Waals surface area contributed by atoms with Crippen molar-refractivity contribution < 1.29 is 13.9 Å². The summed E-state index contributed by atoms with van der Waals surface area (Å²) >= 11 is 1.40. The lowest BCUT2D eigenvalue weighted by Gasteiger charge is -2.31. The van der Waals surface area contributed by atoms with Gasteiger partial charge in [-0.25, -0.2) is 4.99 Å². The van der Waals surface area contributed by atoms with Gasteiger partial charge < -0.3 is 18.8 Å². The first-order chi connectivity index (χ1) is 18.7. The van der Waals surface area contributed by atoms with Crippen LogP contribution in [0.2, 0.25) is 0 Å². The summed E-state index contributed by atoms with van der Waals surface area (Å²) in [6, 6.07) is 20.0. The maximum atomic E-state index is 14.0. The first-order valence-corrected chi connectivity index (χ1v) is 13.7. The van der Waals surface area contributed by atoms with Crippen molar-refractivity contribution in [2.45, 2.75) is 18.9 Å². The summed E-state index contributed by atoms with van der Waals surface area (Å²) in [5.41, 5.74) is 5.46. The number of furan rings is 1. The molecule has 1 atom stereocenters. The van der Waals surface area contributed by atoms with Gasteiger partial charge >= 0.3 is 0 Å². The van der Waals surface area contributed by atoms with Gasteiger partial charge in [0.05, 0.1) is 36.6 Å². The summed E-state index contributed by atoms with van der Waals surface area (Å²) in [6.45, 7) is 2.96. The van der Waals surface area contributed by atoms with Crippen molar-refractivity contribution in [3.05, 3.63) is 108 Å². The standard InChI is InChI=1S/C30H27N3O4S/c1-35-24-9-5-4-8-22(24)28-23-12-10-19-6-2-3-7-21(19)27(23)31-30-33(28)29(34)25(38-30)18-20-11-13-26(37-20)32-14-16-36-17-15-32/h2-9,11,13,18,28H,10,12,14-17H2,1H3/b25-18-/t28-/m1/s1. The molecule has 1 saturated heterocycles. The van der Waals surface area contributed by atoms with Crippen molar-refractivity contribution in [1.82, 2.24) is 4.57 Å². The van der Waals surface area contributed by atoms with E-state index in [0.717, 1.165) is 60.0 Å². The van der Waals surface area contributed by atoms with E-state index in [2.05, 4.69) is 35.2 Å². The molecule has 2 aliphatic heterocycles. The molecule has 192 valence electrons. The highest BCUT2D eigenvalue weighted by Gasteiger charge is 2.34. The summed E-state index contributed by atoms with van der Waals surface area (Å²) in [7, 11) is 1.68. The van der Waals surface area contributed by atoms with Crippen molar-refractivity contribution >= 4 is 29.0 Å². The highest BCUT2D eigenvalue weighted by molar-refractivity contribution is 7.07. The molecule has 0 amide bonds. The zero-order chi connectivity index (χ0) is 25.6. The average molecular weight is 526 g/mol. The van der Waals surface area contributed by atoms with Crippen LogP contribution in [0.15, 0.2) is 80.4 Å². The van der Waals surface area contributed by atoms with Crippen LogP contribution in [-0.2, 0) is 11.2 Å². The third-order valence-electron chi connectivity index (χ3n) is 7.52. The van der Waals surface area contributed by atoms with Crippen LogP contribution in [0.5, 0.6) is 5.75 Å². The van der Waals surface area contributed by atoms with Gasteiger partial charge in [-0.15, -0.1) is 0 Å². The summed E-state index contributed by atoms with van der Waals surface area (Å²) in [5.74, 6) is 2.21. The molecule has 7 rings (SSSR count). The highest BCUT2D eigenvalue weighted by Crippen LogP contribution is 2.43. The van der Waals surface area contributed by atoms with Crippen LogP contribution in [-0.4, -0.2) is 38.0 Å². The number of nitrogens with zero attached hydrogens (tertiary/aromatic N) is 3. The van der Waals surface area contributed by atoms with E-state index in [0.29, 0.717) is 28.3 Å². The second kappa shape index (κ2) is 9.45. The van der Waals surface area contributed by atoms with Crippen LogP contribution in [0, 0.1) is 0 Å².